The second kappa shape index (κ2) is 14.5. The van der Waals surface area contributed by atoms with Crippen molar-refractivity contribution in [3.05, 3.63) is 83.4 Å². The number of rotatable bonds is 11. The van der Waals surface area contributed by atoms with Gasteiger partial charge in [-0.15, -0.1) is 0 Å². The number of amides is 3. The first-order valence-corrected chi connectivity index (χ1v) is 14.7. The average molecular weight is 571 g/mol. The molecule has 0 aromatic heterocycles. The number of methoxy groups -OCH3 is 1. The summed E-state index contributed by atoms with van der Waals surface area (Å²) in [5.74, 6) is 1.47. The monoisotopic (exact) mass is 570 g/mol. The molecule has 3 aromatic rings. The van der Waals surface area contributed by atoms with Crippen LogP contribution >= 0.6 is 0 Å². The number of urea groups is 1. The van der Waals surface area contributed by atoms with Crippen LogP contribution in [-0.2, 0) is 0 Å². The number of carbonyl (C=O) groups excluding carboxylic acids is 2. The number of hydrogen-bond acceptors (Lipinski definition) is 5. The van der Waals surface area contributed by atoms with Crippen molar-refractivity contribution in [2.24, 2.45) is 0 Å². The number of likely N-dealkylation sites (N-methyl/N-ethyl adjacent to an activating group) is 1. The normalized spacial score (nSPS) is 13.3. The highest BCUT2D eigenvalue weighted by atomic mass is 16.5. The fourth-order valence-electron chi connectivity index (χ4n) is 4.93. The Morgan fingerprint density at radius 2 is 1.57 bits per heavy atom. The maximum atomic E-state index is 12.9. The lowest BCUT2D eigenvalue weighted by atomic mass is 9.98. The zero-order valence-electron chi connectivity index (χ0n) is 25.3. The second-order valence-electron chi connectivity index (χ2n) is 10.5. The molecule has 0 aliphatic carbocycles. The Kier molecular flexibility index (Phi) is 10.6. The molecule has 1 heterocycles. The number of ether oxygens (including phenoxy) is 2. The molecule has 0 spiro atoms. The Bertz CT molecular complexity index is 1410. The number of benzene rings is 3. The van der Waals surface area contributed by atoms with Gasteiger partial charge >= 0.3 is 6.03 Å². The highest BCUT2D eigenvalue weighted by molar-refractivity contribution is 6.04. The maximum absolute atomic E-state index is 12.9. The van der Waals surface area contributed by atoms with Gasteiger partial charge in [0.15, 0.2) is 11.5 Å². The molecule has 3 N–H and O–H groups in total. The van der Waals surface area contributed by atoms with Gasteiger partial charge in [0.25, 0.3) is 5.91 Å². The zero-order valence-corrected chi connectivity index (χ0v) is 25.3. The van der Waals surface area contributed by atoms with Gasteiger partial charge in [-0.05, 0) is 91.9 Å². The van der Waals surface area contributed by atoms with Crippen LogP contribution in [0.3, 0.4) is 0 Å². The van der Waals surface area contributed by atoms with Crippen LogP contribution in [0, 0.1) is 6.92 Å². The molecule has 0 saturated heterocycles. The molecular weight excluding hydrogens is 528 g/mol. The summed E-state index contributed by atoms with van der Waals surface area (Å²) in [5.41, 5.74) is 5.24. The van der Waals surface area contributed by atoms with Crippen molar-refractivity contribution >= 4 is 28.9 Å². The molecule has 4 rings (SSSR count). The quantitative estimate of drug-likeness (QED) is 0.222. The van der Waals surface area contributed by atoms with Gasteiger partial charge in [-0.1, -0.05) is 39.0 Å². The summed E-state index contributed by atoms with van der Waals surface area (Å²) in [4.78, 5) is 27.7. The molecule has 8 nitrogen and oxygen atoms in total. The smallest absolute Gasteiger partial charge is 0.319 e. The molecule has 0 saturated carbocycles. The lowest BCUT2D eigenvalue weighted by molar-refractivity contribution is 0.102. The summed E-state index contributed by atoms with van der Waals surface area (Å²) in [7, 11) is 1.56. The zero-order chi connectivity index (χ0) is 30.1. The minimum atomic E-state index is -0.256. The fourth-order valence-corrected chi connectivity index (χ4v) is 4.93. The SMILES string of the molecule is CCC(CC)NC(=O)Nc1ccc(Oc2ccc(NC(=O)c3ccc(C4=CCN(CC)CC4)cc3)cc2C)c(OC)c1. The summed E-state index contributed by atoms with van der Waals surface area (Å²) in [5, 5.41) is 8.79. The first kappa shape index (κ1) is 30.7. The molecule has 0 bridgehead atoms. The van der Waals surface area contributed by atoms with Gasteiger partial charge in [-0.3, -0.25) is 9.69 Å². The van der Waals surface area contributed by atoms with E-state index in [1.807, 2.05) is 63.2 Å². The van der Waals surface area contributed by atoms with E-state index in [4.69, 9.17) is 9.47 Å². The van der Waals surface area contributed by atoms with Crippen LogP contribution in [-0.4, -0.2) is 49.6 Å². The molecule has 3 amide bonds. The van der Waals surface area contributed by atoms with E-state index in [-0.39, 0.29) is 18.0 Å². The Balaban J connectivity index is 1.37. The van der Waals surface area contributed by atoms with Crippen molar-refractivity contribution in [2.75, 3.05) is 37.4 Å². The van der Waals surface area contributed by atoms with Crippen LogP contribution in [0.25, 0.3) is 5.57 Å². The van der Waals surface area contributed by atoms with E-state index in [1.165, 1.54) is 11.1 Å². The molecule has 0 fully saturated rings. The highest BCUT2D eigenvalue weighted by Crippen LogP contribution is 2.36. The third-order valence-corrected chi connectivity index (χ3v) is 7.65. The number of hydrogen-bond donors (Lipinski definition) is 3. The predicted molar refractivity (Wildman–Crippen MR) is 170 cm³/mol. The van der Waals surface area contributed by atoms with Crippen molar-refractivity contribution in [2.45, 2.75) is 53.0 Å². The molecule has 42 heavy (non-hydrogen) atoms. The van der Waals surface area contributed by atoms with Crippen molar-refractivity contribution in [3.63, 3.8) is 0 Å². The number of nitrogens with one attached hydrogen (secondary N) is 3. The summed E-state index contributed by atoms with van der Waals surface area (Å²) < 4.78 is 11.7. The van der Waals surface area contributed by atoms with Crippen molar-refractivity contribution in [1.29, 1.82) is 0 Å². The first-order chi connectivity index (χ1) is 20.3. The van der Waals surface area contributed by atoms with Crippen LogP contribution in [0.2, 0.25) is 0 Å². The molecule has 0 atom stereocenters. The second-order valence-corrected chi connectivity index (χ2v) is 10.5. The van der Waals surface area contributed by atoms with Crippen LogP contribution in [0.15, 0.2) is 66.7 Å². The molecule has 3 aromatic carbocycles. The summed E-state index contributed by atoms with van der Waals surface area (Å²) >= 11 is 0. The Morgan fingerprint density at radius 1 is 0.881 bits per heavy atom. The van der Waals surface area contributed by atoms with Crippen LogP contribution < -0.4 is 25.4 Å². The minimum Gasteiger partial charge on any atom is -0.493 e. The lowest BCUT2D eigenvalue weighted by Crippen LogP contribution is -2.37. The molecular formula is C34H42N4O4. The third kappa shape index (κ3) is 7.91. The summed E-state index contributed by atoms with van der Waals surface area (Å²) in [6.45, 7) is 11.3. The van der Waals surface area contributed by atoms with E-state index in [9.17, 15) is 9.59 Å². The van der Waals surface area contributed by atoms with E-state index < -0.39 is 0 Å². The van der Waals surface area contributed by atoms with Gasteiger partial charge in [0.05, 0.1) is 7.11 Å². The van der Waals surface area contributed by atoms with E-state index in [1.54, 1.807) is 25.3 Å². The predicted octanol–water partition coefficient (Wildman–Crippen LogP) is 7.47. The average Bonchev–Trinajstić information content (AvgIpc) is 3.01. The molecule has 1 aliphatic heterocycles. The van der Waals surface area contributed by atoms with E-state index in [0.29, 0.717) is 34.2 Å². The molecule has 0 unspecified atom stereocenters. The number of aryl methyl sites for hydroxylation is 1. The number of anilines is 2. The van der Waals surface area contributed by atoms with Crippen LogP contribution in [0.4, 0.5) is 16.2 Å². The topological polar surface area (TPSA) is 91.9 Å². The largest absolute Gasteiger partial charge is 0.493 e. The lowest BCUT2D eigenvalue weighted by Gasteiger charge is -2.25. The van der Waals surface area contributed by atoms with E-state index in [0.717, 1.165) is 44.5 Å². The molecule has 8 heteroatoms. The van der Waals surface area contributed by atoms with E-state index in [2.05, 4.69) is 33.9 Å². The third-order valence-electron chi connectivity index (χ3n) is 7.65. The summed E-state index contributed by atoms with van der Waals surface area (Å²) in [6, 6.07) is 18.4. The van der Waals surface area contributed by atoms with Gasteiger partial charge < -0.3 is 25.4 Å². The van der Waals surface area contributed by atoms with Crippen molar-refractivity contribution in [3.8, 4) is 17.2 Å². The van der Waals surface area contributed by atoms with Gasteiger partial charge in [-0.2, -0.15) is 0 Å². The Labute approximate surface area is 249 Å². The van der Waals surface area contributed by atoms with Crippen LogP contribution in [0.1, 0.15) is 61.5 Å². The maximum Gasteiger partial charge on any atom is 0.319 e. The number of carbonyl (C=O) groups is 2. The van der Waals surface area contributed by atoms with Gasteiger partial charge in [0.2, 0.25) is 0 Å². The standard InChI is InChI=1S/C34H42N4O4/c1-6-27(7-2)36-34(40)37-29-14-16-31(32(22-29)41-5)42-30-15-13-28(21-23(30)4)35-33(39)26-11-9-24(10-12-26)25-17-19-38(8-3)20-18-25/h9-17,21-22,27H,6-8,18-20H2,1-5H3,(H,35,39)(H2,36,37,40). The summed E-state index contributed by atoms with van der Waals surface area (Å²) in [6.07, 6.45) is 5.04. The molecule has 1 aliphatic rings. The van der Waals surface area contributed by atoms with Crippen molar-refractivity contribution < 1.29 is 19.1 Å². The molecule has 0 radical (unpaired) electrons. The number of nitrogens with zero attached hydrogens (tertiary/aromatic N) is 1. The van der Waals surface area contributed by atoms with E-state index >= 15 is 0 Å². The van der Waals surface area contributed by atoms with Gasteiger partial charge in [0, 0.05) is 42.1 Å². The Hall–Kier alpha value is -4.30. The highest BCUT2D eigenvalue weighted by Gasteiger charge is 2.15. The van der Waals surface area contributed by atoms with Crippen LogP contribution in [0.5, 0.6) is 17.2 Å². The minimum absolute atomic E-state index is 0.127. The first-order valence-electron chi connectivity index (χ1n) is 14.7. The molecule has 222 valence electrons. The van der Waals surface area contributed by atoms with Gasteiger partial charge in [0.1, 0.15) is 5.75 Å². The van der Waals surface area contributed by atoms with Gasteiger partial charge in [-0.25, -0.2) is 4.79 Å². The van der Waals surface area contributed by atoms with Crippen molar-refractivity contribution in [1.82, 2.24) is 10.2 Å². The fraction of sp³-hybridized carbons (Fsp3) is 0.353. The Morgan fingerprint density at radius 3 is 2.17 bits per heavy atom.